The highest BCUT2D eigenvalue weighted by Gasteiger charge is 2.30. The normalized spacial score (nSPS) is 21.2. The van der Waals surface area contributed by atoms with Crippen molar-refractivity contribution in [2.75, 3.05) is 24.8 Å². The quantitative estimate of drug-likeness (QED) is 0.888. The van der Waals surface area contributed by atoms with Gasteiger partial charge in [-0.15, -0.1) is 0 Å². The summed E-state index contributed by atoms with van der Waals surface area (Å²) in [6.45, 7) is 3.06. The third kappa shape index (κ3) is 3.69. The lowest BCUT2D eigenvalue weighted by Gasteiger charge is -2.23. The Bertz CT molecular complexity index is 704. The standard InChI is InChI=1S/C15H20N2O5S/c1-2-17(15(18)16-12-5-6-23(19,20)9-12)8-11-3-4-13-14(7-11)22-10-21-13/h3-4,7,12H,2,5-6,8-10H2,1H3,(H,16,18)/t12-/m0/s1. The molecule has 126 valence electrons. The Balaban J connectivity index is 1.62. The molecule has 1 aromatic rings. The van der Waals surface area contributed by atoms with Gasteiger partial charge in [-0.05, 0) is 31.0 Å². The predicted octanol–water partition coefficient (Wildman–Crippen LogP) is 1.13. The van der Waals surface area contributed by atoms with Crippen LogP contribution in [0.15, 0.2) is 18.2 Å². The first-order valence-corrected chi connectivity index (χ1v) is 9.43. The smallest absolute Gasteiger partial charge is 0.317 e. The zero-order valence-corrected chi connectivity index (χ0v) is 13.8. The summed E-state index contributed by atoms with van der Waals surface area (Å²) in [6.07, 6.45) is 0.482. The van der Waals surface area contributed by atoms with E-state index in [0.29, 0.717) is 31.0 Å². The van der Waals surface area contributed by atoms with Gasteiger partial charge in [-0.25, -0.2) is 13.2 Å². The number of carbonyl (C=O) groups excluding carboxylic acids is 1. The SMILES string of the molecule is CCN(Cc1ccc2c(c1)OCO2)C(=O)N[C@H]1CCS(=O)(=O)C1. The first kappa shape index (κ1) is 15.9. The monoisotopic (exact) mass is 340 g/mol. The minimum absolute atomic E-state index is 0.0281. The first-order chi connectivity index (χ1) is 11.0. The van der Waals surface area contributed by atoms with E-state index in [2.05, 4.69) is 5.32 Å². The molecule has 1 N–H and O–H groups in total. The Morgan fingerprint density at radius 3 is 2.83 bits per heavy atom. The van der Waals surface area contributed by atoms with Crippen LogP contribution in [0.1, 0.15) is 18.9 Å². The van der Waals surface area contributed by atoms with Crippen LogP contribution < -0.4 is 14.8 Å². The molecule has 7 nitrogen and oxygen atoms in total. The lowest BCUT2D eigenvalue weighted by atomic mass is 10.2. The minimum Gasteiger partial charge on any atom is -0.454 e. The van der Waals surface area contributed by atoms with Crippen molar-refractivity contribution in [3.05, 3.63) is 23.8 Å². The largest absolute Gasteiger partial charge is 0.454 e. The molecule has 1 atom stereocenters. The first-order valence-electron chi connectivity index (χ1n) is 7.61. The number of nitrogens with one attached hydrogen (secondary N) is 1. The molecule has 2 amide bonds. The zero-order valence-electron chi connectivity index (χ0n) is 12.9. The molecule has 0 aromatic heterocycles. The number of nitrogens with zero attached hydrogens (tertiary/aromatic N) is 1. The number of fused-ring (bicyclic) bond motifs is 1. The van der Waals surface area contributed by atoms with Crippen LogP contribution >= 0.6 is 0 Å². The molecule has 0 bridgehead atoms. The van der Waals surface area contributed by atoms with Crippen LogP contribution in [0, 0.1) is 0 Å². The van der Waals surface area contributed by atoms with Gasteiger partial charge < -0.3 is 19.7 Å². The maximum Gasteiger partial charge on any atom is 0.317 e. The highest BCUT2D eigenvalue weighted by atomic mass is 32.2. The van der Waals surface area contributed by atoms with Crippen LogP contribution in [-0.2, 0) is 16.4 Å². The summed E-state index contributed by atoms with van der Waals surface area (Å²) in [5.74, 6) is 1.56. The number of ether oxygens (including phenoxy) is 2. The number of sulfone groups is 1. The molecule has 1 fully saturated rings. The van der Waals surface area contributed by atoms with Crippen LogP contribution in [0.3, 0.4) is 0 Å². The van der Waals surface area contributed by atoms with Gasteiger partial charge in [-0.2, -0.15) is 0 Å². The molecular formula is C15H20N2O5S. The molecule has 0 aliphatic carbocycles. The Kier molecular flexibility index (Phi) is 4.34. The van der Waals surface area contributed by atoms with Gasteiger partial charge in [0.25, 0.3) is 0 Å². The topological polar surface area (TPSA) is 84.9 Å². The molecule has 23 heavy (non-hydrogen) atoms. The van der Waals surface area contributed by atoms with E-state index in [4.69, 9.17) is 9.47 Å². The second-order valence-electron chi connectivity index (χ2n) is 5.75. The van der Waals surface area contributed by atoms with E-state index in [1.54, 1.807) is 4.90 Å². The van der Waals surface area contributed by atoms with Gasteiger partial charge in [0, 0.05) is 19.1 Å². The van der Waals surface area contributed by atoms with Crippen molar-refractivity contribution >= 4 is 15.9 Å². The third-order valence-electron chi connectivity index (χ3n) is 4.04. The Labute approximate surface area is 135 Å². The van der Waals surface area contributed by atoms with Crippen LogP contribution in [0.4, 0.5) is 4.79 Å². The number of benzene rings is 1. The van der Waals surface area contributed by atoms with E-state index >= 15 is 0 Å². The highest BCUT2D eigenvalue weighted by molar-refractivity contribution is 7.91. The molecule has 2 heterocycles. The molecule has 3 rings (SSSR count). The van der Waals surface area contributed by atoms with Crippen molar-refractivity contribution in [3.8, 4) is 11.5 Å². The summed E-state index contributed by atoms with van der Waals surface area (Å²) in [5.41, 5.74) is 0.935. The molecule has 2 aliphatic rings. The number of hydrogen-bond acceptors (Lipinski definition) is 5. The van der Waals surface area contributed by atoms with Crippen molar-refractivity contribution < 1.29 is 22.7 Å². The molecule has 0 unspecified atom stereocenters. The van der Waals surface area contributed by atoms with E-state index in [1.165, 1.54) is 0 Å². The van der Waals surface area contributed by atoms with Crippen molar-refractivity contribution in [2.24, 2.45) is 0 Å². The van der Waals surface area contributed by atoms with Gasteiger partial charge in [0.2, 0.25) is 6.79 Å². The molecule has 1 aromatic carbocycles. The average Bonchev–Trinajstić information content (AvgIpc) is 3.10. The fourth-order valence-electron chi connectivity index (χ4n) is 2.76. The summed E-state index contributed by atoms with van der Waals surface area (Å²) >= 11 is 0. The fraction of sp³-hybridized carbons (Fsp3) is 0.533. The maximum atomic E-state index is 12.3. The third-order valence-corrected chi connectivity index (χ3v) is 5.81. The van der Waals surface area contributed by atoms with E-state index in [-0.39, 0.29) is 30.4 Å². The van der Waals surface area contributed by atoms with Gasteiger partial charge in [-0.3, -0.25) is 0 Å². The van der Waals surface area contributed by atoms with Crippen molar-refractivity contribution in [3.63, 3.8) is 0 Å². The van der Waals surface area contributed by atoms with Crippen LogP contribution in [0.25, 0.3) is 0 Å². The van der Waals surface area contributed by atoms with Gasteiger partial charge in [0.05, 0.1) is 11.5 Å². The summed E-state index contributed by atoms with van der Waals surface area (Å²) in [7, 11) is -3.00. The van der Waals surface area contributed by atoms with E-state index in [9.17, 15) is 13.2 Å². The number of hydrogen-bond donors (Lipinski definition) is 1. The Hall–Kier alpha value is -1.96. The van der Waals surface area contributed by atoms with Crippen LogP contribution in [0.2, 0.25) is 0 Å². The van der Waals surface area contributed by atoms with Gasteiger partial charge >= 0.3 is 6.03 Å². The minimum atomic E-state index is -3.00. The Morgan fingerprint density at radius 1 is 1.35 bits per heavy atom. The lowest BCUT2D eigenvalue weighted by Crippen LogP contribution is -2.44. The molecule has 0 saturated carbocycles. The van der Waals surface area contributed by atoms with Crippen molar-refractivity contribution in [2.45, 2.75) is 25.9 Å². The Morgan fingerprint density at radius 2 is 2.13 bits per heavy atom. The number of carbonyl (C=O) groups is 1. The summed E-state index contributed by atoms with van der Waals surface area (Å²) in [6, 6.07) is 5.04. The average molecular weight is 340 g/mol. The second kappa shape index (κ2) is 6.27. The zero-order chi connectivity index (χ0) is 16.4. The fourth-order valence-corrected chi connectivity index (χ4v) is 4.44. The predicted molar refractivity (Wildman–Crippen MR) is 84.2 cm³/mol. The number of urea groups is 1. The molecule has 1 saturated heterocycles. The van der Waals surface area contributed by atoms with E-state index < -0.39 is 9.84 Å². The van der Waals surface area contributed by atoms with Gasteiger partial charge in [-0.1, -0.05) is 6.07 Å². The van der Waals surface area contributed by atoms with Crippen LogP contribution in [0.5, 0.6) is 11.5 Å². The molecule has 0 spiro atoms. The second-order valence-corrected chi connectivity index (χ2v) is 7.98. The van der Waals surface area contributed by atoms with Crippen LogP contribution in [-0.4, -0.2) is 50.2 Å². The van der Waals surface area contributed by atoms with Crippen molar-refractivity contribution in [1.82, 2.24) is 10.2 Å². The van der Waals surface area contributed by atoms with Gasteiger partial charge in [0.1, 0.15) is 0 Å². The lowest BCUT2D eigenvalue weighted by molar-refractivity contribution is 0.173. The summed E-state index contributed by atoms with van der Waals surface area (Å²) in [5, 5.41) is 2.81. The highest BCUT2D eigenvalue weighted by Crippen LogP contribution is 2.32. The van der Waals surface area contributed by atoms with E-state index in [1.807, 2.05) is 25.1 Å². The summed E-state index contributed by atoms with van der Waals surface area (Å²) in [4.78, 5) is 14.0. The maximum absolute atomic E-state index is 12.3. The molecule has 0 radical (unpaired) electrons. The molecule has 2 aliphatic heterocycles. The van der Waals surface area contributed by atoms with Gasteiger partial charge in [0.15, 0.2) is 21.3 Å². The van der Waals surface area contributed by atoms with E-state index in [0.717, 1.165) is 5.56 Å². The molecule has 8 heteroatoms. The molecular weight excluding hydrogens is 320 g/mol. The summed E-state index contributed by atoms with van der Waals surface area (Å²) < 4.78 is 33.5. The number of amides is 2. The van der Waals surface area contributed by atoms with Crippen molar-refractivity contribution in [1.29, 1.82) is 0 Å². The number of rotatable bonds is 4.